The second-order valence-corrected chi connectivity index (χ2v) is 17.8. The number of carboxylic acid groups (broad SMARTS) is 1. The quantitative estimate of drug-likeness (QED) is 0.0344. The van der Waals surface area contributed by atoms with E-state index in [0.29, 0.717) is 36.9 Å². The van der Waals surface area contributed by atoms with E-state index in [2.05, 4.69) is 57.5 Å². The third kappa shape index (κ3) is 18.2. The van der Waals surface area contributed by atoms with E-state index in [0.717, 1.165) is 0 Å². The summed E-state index contributed by atoms with van der Waals surface area (Å²) in [5.41, 5.74) is 11.8. The second-order valence-electron chi connectivity index (χ2n) is 17.8. The first-order chi connectivity index (χ1) is 33.9. The van der Waals surface area contributed by atoms with Gasteiger partial charge in [0, 0.05) is 50.8 Å². The van der Waals surface area contributed by atoms with Crippen LogP contribution in [0.2, 0.25) is 0 Å². The lowest BCUT2D eigenvalue weighted by Gasteiger charge is -2.31. The number of carboxylic acids is 1. The van der Waals surface area contributed by atoms with E-state index < -0.39 is 101 Å². The number of aliphatic carboxylic acids is 1. The zero-order valence-electron chi connectivity index (χ0n) is 40.5. The fraction of sp³-hybridized carbons (Fsp3) is 0.587. The van der Waals surface area contributed by atoms with Gasteiger partial charge in [0.15, 0.2) is 5.96 Å². The summed E-state index contributed by atoms with van der Waals surface area (Å²) in [7, 11) is 1.55. The van der Waals surface area contributed by atoms with E-state index in [4.69, 9.17) is 11.5 Å². The van der Waals surface area contributed by atoms with Crippen LogP contribution < -0.4 is 54.0 Å². The highest BCUT2D eigenvalue weighted by atomic mass is 16.4. The number of carbonyl (C=O) groups excluding carboxylic acids is 8. The van der Waals surface area contributed by atoms with Crippen molar-refractivity contribution in [3.8, 4) is 5.75 Å². The van der Waals surface area contributed by atoms with Gasteiger partial charge >= 0.3 is 5.97 Å². The number of nitrogens with one attached hydrogen (secondary N) is 9. The number of aromatic hydroxyl groups is 1. The molecular weight excluding hydrogens is 925 g/mol. The number of carbonyl (C=O) groups is 9. The van der Waals surface area contributed by atoms with Crippen LogP contribution in [0.3, 0.4) is 0 Å². The third-order valence-electron chi connectivity index (χ3n) is 12.3. The molecule has 390 valence electrons. The fourth-order valence-electron chi connectivity index (χ4n) is 8.20. The molecule has 2 fully saturated rings. The van der Waals surface area contributed by atoms with Gasteiger partial charge in [0.1, 0.15) is 48.0 Å². The Morgan fingerprint density at radius 1 is 0.930 bits per heavy atom. The number of rotatable bonds is 21. The number of phenols is 1. The average Bonchev–Trinajstić information content (AvgIpc) is 4.05. The molecule has 0 saturated carbocycles. The van der Waals surface area contributed by atoms with Crippen LogP contribution in [0.4, 0.5) is 0 Å². The number of amides is 8. The predicted octanol–water partition coefficient (Wildman–Crippen LogP) is -2.72. The summed E-state index contributed by atoms with van der Waals surface area (Å²) in [4.78, 5) is 135. The van der Waals surface area contributed by atoms with E-state index in [1.807, 2.05) is 0 Å². The molecule has 0 aliphatic carbocycles. The van der Waals surface area contributed by atoms with Gasteiger partial charge in [0.05, 0.1) is 12.9 Å². The van der Waals surface area contributed by atoms with Crippen molar-refractivity contribution in [1.82, 2.24) is 57.4 Å². The number of likely N-dealkylation sites (N-methyl/N-ethyl adjacent to an activating group) is 1. The Hall–Kier alpha value is -7.31. The molecule has 15 N–H and O–H groups in total. The number of H-pyrrole nitrogens is 1. The van der Waals surface area contributed by atoms with Gasteiger partial charge in [-0.25, -0.2) is 9.78 Å². The summed E-state index contributed by atoms with van der Waals surface area (Å²) >= 11 is 0. The van der Waals surface area contributed by atoms with E-state index in [1.165, 1.54) is 41.7 Å². The molecule has 25 heteroatoms. The Bertz CT molecular complexity index is 2170. The van der Waals surface area contributed by atoms with Crippen molar-refractivity contribution in [1.29, 1.82) is 0 Å². The number of nitrogens with zero attached hydrogens (tertiary/aromatic N) is 3. The SMILES string of the molecule is CC[C@H](C)[C@H](NC(=O)[C@@H]1CCCN1C(=O)[C@H](Cc1cnc[nH]1)NC(=O)[C@@H]1CCCCNC(=O)CC[C@H](NC(=O)[C@H](CCCN=C(N)N)NC(=O)CNC)C(=O)N[C@@H](Cc2ccc(O)cc2)C(=O)N1)C(=O)O. The topological polar surface area (TPSA) is 387 Å². The largest absolute Gasteiger partial charge is 0.508 e. The second kappa shape index (κ2) is 28.4. The van der Waals surface area contributed by atoms with E-state index in [9.17, 15) is 53.4 Å². The molecule has 8 atom stereocenters. The van der Waals surface area contributed by atoms with Gasteiger partial charge in [-0.2, -0.15) is 0 Å². The molecule has 0 radical (unpaired) electrons. The molecule has 2 aliphatic rings. The number of aromatic nitrogens is 2. The normalized spacial score (nSPS) is 20.7. The summed E-state index contributed by atoms with van der Waals surface area (Å²) in [6.45, 7) is 3.81. The number of aliphatic imine (C=N–C) groups is 1. The standard InChI is InChI=1S/C46H70N14O11/c1-4-26(2)38(45(70)71)59-43(68)35-11-8-20-60(35)44(69)34(22-28-23-50-25-53-28)58-40(65)31-9-5-6-18-51-36(62)17-16-32(41(66)57-33(42(67)55-31)21-27-12-14-29(61)15-13-27)56-39(64)30(54-37(63)24-49-3)10-7-19-52-46(47)48/h12-15,23,25-26,30-35,38,49,61H,4-11,16-22,24H2,1-3H3,(H,50,53)(H,51,62)(H,54,63)(H,55,67)(H,56,64)(H,57,66)(H,58,65)(H,59,68)(H,70,71)(H4,47,48,52)/t26-,30-,31-,32-,33-,34-,35-,38-/m0/s1. The minimum atomic E-state index is -1.41. The van der Waals surface area contributed by atoms with E-state index in [-0.39, 0.29) is 89.3 Å². The highest BCUT2D eigenvalue weighted by molar-refractivity contribution is 5.98. The van der Waals surface area contributed by atoms with Crippen LogP contribution in [-0.4, -0.2) is 160 Å². The molecule has 25 nitrogen and oxygen atoms in total. The average molecular weight is 995 g/mol. The molecule has 1 aromatic heterocycles. The van der Waals surface area contributed by atoms with Crippen molar-refractivity contribution >= 4 is 59.2 Å². The van der Waals surface area contributed by atoms with Crippen molar-refractivity contribution in [3.05, 3.63) is 48.0 Å². The molecule has 2 aromatic rings. The molecule has 2 aliphatic heterocycles. The number of hydrogen-bond donors (Lipinski definition) is 13. The molecule has 3 heterocycles. The van der Waals surface area contributed by atoms with Gasteiger partial charge in [0.2, 0.25) is 47.3 Å². The Kier molecular flexibility index (Phi) is 22.5. The molecule has 8 amide bonds. The van der Waals surface area contributed by atoms with Crippen molar-refractivity contribution in [2.45, 2.75) is 133 Å². The summed E-state index contributed by atoms with van der Waals surface area (Å²) in [6.07, 6.45) is 4.30. The lowest BCUT2D eigenvalue weighted by Crippen LogP contribution is -2.60. The summed E-state index contributed by atoms with van der Waals surface area (Å²) in [6, 6.07) is -2.99. The number of hydrogen-bond acceptors (Lipinski definition) is 13. The van der Waals surface area contributed by atoms with Gasteiger partial charge in [-0.1, -0.05) is 32.4 Å². The predicted molar refractivity (Wildman–Crippen MR) is 257 cm³/mol. The lowest BCUT2D eigenvalue weighted by molar-refractivity contribution is -0.146. The van der Waals surface area contributed by atoms with Gasteiger partial charge in [-0.15, -0.1) is 0 Å². The van der Waals surface area contributed by atoms with Crippen LogP contribution in [-0.2, 0) is 56.0 Å². The number of aromatic amines is 1. The maximum Gasteiger partial charge on any atom is 0.326 e. The number of imidazole rings is 1. The number of nitrogens with two attached hydrogens (primary N) is 2. The van der Waals surface area contributed by atoms with E-state index in [1.54, 1.807) is 20.9 Å². The molecule has 2 saturated heterocycles. The maximum atomic E-state index is 14.5. The summed E-state index contributed by atoms with van der Waals surface area (Å²) < 4.78 is 0. The number of benzene rings is 1. The third-order valence-corrected chi connectivity index (χ3v) is 12.3. The number of guanidine groups is 1. The van der Waals surface area contributed by atoms with Gasteiger partial charge in [0.25, 0.3) is 0 Å². The minimum Gasteiger partial charge on any atom is -0.508 e. The monoisotopic (exact) mass is 995 g/mol. The molecule has 71 heavy (non-hydrogen) atoms. The Morgan fingerprint density at radius 3 is 2.34 bits per heavy atom. The Balaban J connectivity index is 1.64. The van der Waals surface area contributed by atoms with Gasteiger partial charge in [-0.05, 0) is 82.0 Å². The highest BCUT2D eigenvalue weighted by Gasteiger charge is 2.41. The smallest absolute Gasteiger partial charge is 0.326 e. The van der Waals surface area contributed by atoms with E-state index >= 15 is 0 Å². The van der Waals surface area contributed by atoms with Crippen LogP contribution in [0.5, 0.6) is 5.75 Å². The zero-order chi connectivity index (χ0) is 52.0. The molecule has 1 aromatic carbocycles. The number of likely N-dealkylation sites (tertiary alicyclic amines) is 1. The van der Waals surface area contributed by atoms with Crippen LogP contribution in [0.15, 0.2) is 41.8 Å². The first kappa shape index (κ1) is 56.3. The maximum absolute atomic E-state index is 14.5. The van der Waals surface area contributed by atoms with Crippen LogP contribution in [0, 0.1) is 5.92 Å². The van der Waals surface area contributed by atoms with Gasteiger partial charge in [-0.3, -0.25) is 43.3 Å². The summed E-state index contributed by atoms with van der Waals surface area (Å²) in [5, 5.41) is 41.4. The summed E-state index contributed by atoms with van der Waals surface area (Å²) in [5.74, 6) is -7.30. The fourth-order valence-corrected chi connectivity index (χ4v) is 8.20. The Morgan fingerprint density at radius 2 is 1.68 bits per heavy atom. The molecule has 0 spiro atoms. The van der Waals surface area contributed by atoms with Crippen molar-refractivity contribution < 1.29 is 53.4 Å². The molecule has 0 bridgehead atoms. The lowest BCUT2D eigenvalue weighted by atomic mass is 9.98. The zero-order valence-corrected chi connectivity index (χ0v) is 40.5. The molecular formula is C46H70N14O11. The minimum absolute atomic E-state index is 0.0156. The highest BCUT2D eigenvalue weighted by Crippen LogP contribution is 2.21. The van der Waals surface area contributed by atoms with Crippen molar-refractivity contribution in [3.63, 3.8) is 0 Å². The first-order valence-corrected chi connectivity index (χ1v) is 24.0. The molecule has 4 rings (SSSR count). The molecule has 0 unspecified atom stereocenters. The van der Waals surface area contributed by atoms with Crippen LogP contribution >= 0.6 is 0 Å². The van der Waals surface area contributed by atoms with Crippen LogP contribution in [0.25, 0.3) is 0 Å². The van der Waals surface area contributed by atoms with Crippen LogP contribution in [0.1, 0.15) is 89.3 Å². The first-order valence-electron chi connectivity index (χ1n) is 24.0. The van der Waals surface area contributed by atoms with Gasteiger partial charge < -0.3 is 74.1 Å². The Labute approximate surface area is 411 Å². The van der Waals surface area contributed by atoms with Crippen molar-refractivity contribution in [2.75, 3.05) is 33.2 Å². The van der Waals surface area contributed by atoms with Crippen molar-refractivity contribution in [2.24, 2.45) is 22.4 Å². The number of phenolic OH excluding ortho intramolecular Hbond substituents is 1.